The Morgan fingerprint density at radius 1 is 1.32 bits per heavy atom. The number of rotatable bonds is 5. The van der Waals surface area contributed by atoms with Crippen LogP contribution in [-0.4, -0.2) is 32.5 Å². The molecule has 1 aromatic carbocycles. The highest BCUT2D eigenvalue weighted by Gasteiger charge is 2.22. The van der Waals surface area contributed by atoms with Crippen LogP contribution in [0.5, 0.6) is 5.88 Å². The molecule has 0 fully saturated rings. The molecule has 1 aliphatic rings. The number of nitrogens with zero attached hydrogens (tertiary/aromatic N) is 4. The lowest BCUT2D eigenvalue weighted by Crippen LogP contribution is -2.25. The molecule has 2 aromatic heterocycles. The Bertz CT molecular complexity index is 1040. The molecule has 7 nitrogen and oxygen atoms in total. The summed E-state index contributed by atoms with van der Waals surface area (Å²) in [7, 11) is 1.55. The molecule has 142 valence electrons. The first kappa shape index (κ1) is 17.9. The molecule has 0 aliphatic heterocycles. The lowest BCUT2D eigenvalue weighted by atomic mass is 10.1. The zero-order valence-corrected chi connectivity index (χ0v) is 15.8. The van der Waals surface area contributed by atoms with E-state index < -0.39 is 0 Å². The van der Waals surface area contributed by atoms with Gasteiger partial charge in [0.25, 0.3) is 0 Å². The summed E-state index contributed by atoms with van der Waals surface area (Å²) in [4.78, 5) is 25.2. The van der Waals surface area contributed by atoms with Crippen molar-refractivity contribution in [1.29, 1.82) is 0 Å². The summed E-state index contributed by atoms with van der Waals surface area (Å²) in [5.74, 6) is 0.648. The van der Waals surface area contributed by atoms with Gasteiger partial charge >= 0.3 is 0 Å². The maximum Gasteiger partial charge on any atom is 0.244 e. The third-order valence-corrected chi connectivity index (χ3v) is 4.77. The van der Waals surface area contributed by atoms with Gasteiger partial charge in [-0.15, -0.1) is 0 Å². The average Bonchev–Trinajstić information content (AvgIpc) is 3.33. The predicted molar refractivity (Wildman–Crippen MR) is 105 cm³/mol. The van der Waals surface area contributed by atoms with Crippen molar-refractivity contribution < 1.29 is 9.53 Å². The molecule has 0 saturated heterocycles. The van der Waals surface area contributed by atoms with Gasteiger partial charge in [-0.05, 0) is 37.0 Å². The Morgan fingerprint density at radius 2 is 2.18 bits per heavy atom. The van der Waals surface area contributed by atoms with Gasteiger partial charge in [0.05, 0.1) is 31.4 Å². The van der Waals surface area contributed by atoms with Crippen LogP contribution in [0, 0.1) is 6.92 Å². The van der Waals surface area contributed by atoms with E-state index in [-0.39, 0.29) is 11.9 Å². The average molecular weight is 375 g/mol. The van der Waals surface area contributed by atoms with Crippen molar-refractivity contribution in [3.63, 3.8) is 0 Å². The highest BCUT2D eigenvalue weighted by Crippen LogP contribution is 2.30. The zero-order chi connectivity index (χ0) is 19.5. The number of carbonyl (C=O) groups is 1. The fourth-order valence-corrected chi connectivity index (χ4v) is 3.41. The number of hydrogen-bond donors (Lipinski definition) is 1. The summed E-state index contributed by atoms with van der Waals surface area (Å²) in [5.41, 5.74) is 4.07. The van der Waals surface area contributed by atoms with E-state index in [9.17, 15) is 4.79 Å². The van der Waals surface area contributed by atoms with Gasteiger partial charge in [-0.3, -0.25) is 9.36 Å². The molecular weight excluding hydrogens is 354 g/mol. The standard InChI is InChI=1S/C21H21N5O2/c1-14-12-26(13-23-14)18-11-22-19(25-21(18)28-2)9-10-20(27)24-17-8-7-15-5-3-4-6-16(15)17/h3-6,9-13,17H,7-8H2,1-2H3,(H,24,27). The molecule has 2 heterocycles. The van der Waals surface area contributed by atoms with Crippen LogP contribution in [0.15, 0.2) is 49.1 Å². The minimum atomic E-state index is -0.168. The van der Waals surface area contributed by atoms with Gasteiger partial charge in [-0.1, -0.05) is 24.3 Å². The van der Waals surface area contributed by atoms with E-state index in [1.165, 1.54) is 17.2 Å². The Hall–Kier alpha value is -3.48. The van der Waals surface area contributed by atoms with Crippen LogP contribution in [0.25, 0.3) is 11.8 Å². The minimum Gasteiger partial charge on any atom is -0.479 e. The van der Waals surface area contributed by atoms with Gasteiger partial charge in [0, 0.05) is 12.3 Å². The molecule has 0 radical (unpaired) electrons. The number of carbonyl (C=O) groups excluding carboxylic acids is 1. The van der Waals surface area contributed by atoms with Gasteiger partial charge < -0.3 is 10.1 Å². The van der Waals surface area contributed by atoms with Crippen LogP contribution in [0.1, 0.15) is 35.1 Å². The van der Waals surface area contributed by atoms with E-state index in [2.05, 4.69) is 32.4 Å². The lowest BCUT2D eigenvalue weighted by Gasteiger charge is -2.12. The van der Waals surface area contributed by atoms with Crippen molar-refractivity contribution in [3.05, 3.63) is 71.7 Å². The van der Waals surface area contributed by atoms with Gasteiger partial charge in [0.1, 0.15) is 5.69 Å². The maximum atomic E-state index is 12.3. The highest BCUT2D eigenvalue weighted by atomic mass is 16.5. The number of benzene rings is 1. The molecule has 7 heteroatoms. The number of methoxy groups -OCH3 is 1. The van der Waals surface area contributed by atoms with E-state index in [4.69, 9.17) is 4.74 Å². The van der Waals surface area contributed by atoms with Gasteiger partial charge in [0.15, 0.2) is 5.82 Å². The number of amides is 1. The summed E-state index contributed by atoms with van der Waals surface area (Å²) in [5, 5.41) is 3.05. The first-order chi connectivity index (χ1) is 13.6. The summed E-state index contributed by atoms with van der Waals surface area (Å²) in [6, 6.07) is 8.27. The number of aromatic nitrogens is 4. The monoisotopic (exact) mass is 375 g/mol. The summed E-state index contributed by atoms with van der Waals surface area (Å²) < 4.78 is 7.17. The molecule has 1 N–H and O–H groups in total. The topological polar surface area (TPSA) is 81.9 Å². The normalized spacial score (nSPS) is 15.6. The SMILES string of the molecule is COc1nc(C=CC(=O)NC2CCc3ccccc32)ncc1-n1cnc(C)c1. The quantitative estimate of drug-likeness (QED) is 0.694. The van der Waals surface area contributed by atoms with Crippen molar-refractivity contribution in [2.75, 3.05) is 7.11 Å². The van der Waals surface area contributed by atoms with E-state index >= 15 is 0 Å². The van der Waals surface area contributed by atoms with Crippen molar-refractivity contribution >= 4 is 12.0 Å². The fourth-order valence-electron chi connectivity index (χ4n) is 3.41. The van der Waals surface area contributed by atoms with Gasteiger partial charge in [-0.25, -0.2) is 9.97 Å². The number of nitrogens with one attached hydrogen (secondary N) is 1. The van der Waals surface area contributed by atoms with Crippen LogP contribution in [0.3, 0.4) is 0 Å². The number of hydrogen-bond acceptors (Lipinski definition) is 5. The molecule has 1 amide bonds. The number of aryl methyl sites for hydroxylation is 2. The highest BCUT2D eigenvalue weighted by molar-refractivity contribution is 5.91. The molecule has 3 aromatic rings. The van der Waals surface area contributed by atoms with Gasteiger partial charge in [-0.2, -0.15) is 4.98 Å². The molecule has 4 rings (SSSR count). The van der Waals surface area contributed by atoms with Crippen molar-refractivity contribution in [3.8, 4) is 11.6 Å². The Labute approximate surface area is 163 Å². The Balaban J connectivity index is 1.46. The van der Waals surface area contributed by atoms with Crippen molar-refractivity contribution in [1.82, 2.24) is 24.8 Å². The third-order valence-electron chi connectivity index (χ3n) is 4.77. The number of ether oxygens (including phenoxy) is 1. The molecule has 1 atom stereocenters. The molecule has 0 saturated carbocycles. The number of fused-ring (bicyclic) bond motifs is 1. The van der Waals surface area contributed by atoms with Crippen LogP contribution in [-0.2, 0) is 11.2 Å². The minimum absolute atomic E-state index is 0.0515. The Kier molecular flexibility index (Phi) is 4.89. The third kappa shape index (κ3) is 3.64. The molecule has 28 heavy (non-hydrogen) atoms. The smallest absolute Gasteiger partial charge is 0.244 e. The second kappa shape index (κ2) is 7.64. The van der Waals surface area contributed by atoms with Crippen LogP contribution >= 0.6 is 0 Å². The lowest BCUT2D eigenvalue weighted by molar-refractivity contribution is -0.117. The first-order valence-corrected chi connectivity index (χ1v) is 9.12. The molecule has 1 unspecified atom stereocenters. The van der Waals surface area contributed by atoms with Gasteiger partial charge in [0.2, 0.25) is 11.8 Å². The second-order valence-electron chi connectivity index (χ2n) is 6.68. The molecular formula is C21H21N5O2. The summed E-state index contributed by atoms with van der Waals surface area (Å²) in [6.45, 7) is 1.91. The van der Waals surface area contributed by atoms with E-state index in [0.29, 0.717) is 17.4 Å². The van der Waals surface area contributed by atoms with E-state index in [1.54, 1.807) is 30.3 Å². The van der Waals surface area contributed by atoms with E-state index in [0.717, 1.165) is 18.5 Å². The molecule has 0 bridgehead atoms. The zero-order valence-electron chi connectivity index (χ0n) is 15.8. The van der Waals surface area contributed by atoms with E-state index in [1.807, 2.05) is 25.3 Å². The number of imidazole rings is 1. The van der Waals surface area contributed by atoms with Crippen LogP contribution < -0.4 is 10.1 Å². The van der Waals surface area contributed by atoms with Crippen LogP contribution in [0.2, 0.25) is 0 Å². The molecule has 1 aliphatic carbocycles. The Morgan fingerprint density at radius 3 is 2.96 bits per heavy atom. The van der Waals surface area contributed by atoms with Crippen molar-refractivity contribution in [2.24, 2.45) is 0 Å². The van der Waals surface area contributed by atoms with Crippen molar-refractivity contribution in [2.45, 2.75) is 25.8 Å². The summed E-state index contributed by atoms with van der Waals surface area (Å²) in [6.07, 6.45) is 10.1. The largest absolute Gasteiger partial charge is 0.479 e. The predicted octanol–water partition coefficient (Wildman–Crippen LogP) is 2.80. The summed E-state index contributed by atoms with van der Waals surface area (Å²) >= 11 is 0. The maximum absolute atomic E-state index is 12.3. The molecule has 0 spiro atoms. The first-order valence-electron chi connectivity index (χ1n) is 9.12. The fraction of sp³-hybridized carbons (Fsp3) is 0.238. The second-order valence-corrected chi connectivity index (χ2v) is 6.68. The van der Waals surface area contributed by atoms with Crippen LogP contribution in [0.4, 0.5) is 0 Å².